The highest BCUT2D eigenvalue weighted by Gasteiger charge is 2.70. The maximum Gasteiger partial charge on any atom is 0.245 e. The van der Waals surface area contributed by atoms with Crippen LogP contribution in [-0.4, -0.2) is 32.6 Å². The van der Waals surface area contributed by atoms with Gasteiger partial charge in [-0.3, -0.25) is 4.79 Å². The summed E-state index contributed by atoms with van der Waals surface area (Å²) in [6.45, 7) is 4.65. The molecule has 1 saturated carbocycles. The van der Waals surface area contributed by atoms with Gasteiger partial charge in [-0.2, -0.15) is 0 Å². The molecule has 0 bridgehead atoms. The van der Waals surface area contributed by atoms with Crippen LogP contribution in [0.4, 0.5) is 5.69 Å². The molecular formula is C17H26ClN3O4S. The van der Waals surface area contributed by atoms with E-state index in [1.165, 1.54) is 0 Å². The molecule has 1 amide bonds. The Kier molecular flexibility index (Phi) is 5.76. The Morgan fingerprint density at radius 2 is 1.92 bits per heavy atom. The Bertz CT molecular complexity index is 782. The molecule has 146 valence electrons. The van der Waals surface area contributed by atoms with E-state index in [4.69, 9.17) is 15.6 Å². The van der Waals surface area contributed by atoms with Gasteiger partial charge < -0.3 is 15.8 Å². The lowest BCUT2D eigenvalue weighted by Gasteiger charge is -2.65. The van der Waals surface area contributed by atoms with Crippen LogP contribution in [0, 0.1) is 11.3 Å². The second-order valence-electron chi connectivity index (χ2n) is 7.59. The molecule has 1 aromatic carbocycles. The van der Waals surface area contributed by atoms with E-state index in [0.717, 1.165) is 12.8 Å². The fourth-order valence-electron chi connectivity index (χ4n) is 4.19. The summed E-state index contributed by atoms with van der Waals surface area (Å²) >= 11 is 0. The first-order valence-electron chi connectivity index (χ1n) is 8.37. The number of hydrogen-bond acceptors (Lipinski definition) is 5. The van der Waals surface area contributed by atoms with Crippen molar-refractivity contribution in [3.63, 3.8) is 0 Å². The molecule has 1 saturated heterocycles. The molecule has 9 heteroatoms. The zero-order valence-electron chi connectivity index (χ0n) is 14.9. The molecule has 7 nitrogen and oxygen atoms in total. The van der Waals surface area contributed by atoms with Crippen LogP contribution in [0.2, 0.25) is 0 Å². The van der Waals surface area contributed by atoms with Crippen LogP contribution >= 0.6 is 12.4 Å². The Balaban J connectivity index is 0.00000243. The van der Waals surface area contributed by atoms with Crippen molar-refractivity contribution >= 4 is 34.0 Å². The van der Waals surface area contributed by atoms with Crippen molar-refractivity contribution in [3.05, 3.63) is 29.8 Å². The molecule has 0 spiro atoms. The van der Waals surface area contributed by atoms with E-state index in [-0.39, 0.29) is 36.1 Å². The molecule has 0 aromatic heterocycles. The van der Waals surface area contributed by atoms with Crippen LogP contribution in [0.25, 0.3) is 0 Å². The molecule has 1 aliphatic heterocycles. The lowest BCUT2D eigenvalue weighted by atomic mass is 9.46. The van der Waals surface area contributed by atoms with E-state index in [2.05, 4.69) is 5.32 Å². The van der Waals surface area contributed by atoms with Crippen molar-refractivity contribution in [2.45, 2.75) is 44.1 Å². The number of nitrogens with one attached hydrogen (secondary N) is 1. The lowest BCUT2D eigenvalue weighted by molar-refractivity contribution is -0.222. The summed E-state index contributed by atoms with van der Waals surface area (Å²) in [5.74, 6) is -0.461. The van der Waals surface area contributed by atoms with E-state index in [0.29, 0.717) is 17.9 Å². The summed E-state index contributed by atoms with van der Waals surface area (Å²) in [6.07, 6.45) is 1.80. The van der Waals surface area contributed by atoms with E-state index < -0.39 is 21.0 Å². The summed E-state index contributed by atoms with van der Waals surface area (Å²) < 4.78 is 28.1. The molecule has 1 heterocycles. The largest absolute Gasteiger partial charge is 0.377 e. The van der Waals surface area contributed by atoms with E-state index in [1.54, 1.807) is 24.3 Å². The molecule has 3 unspecified atom stereocenters. The molecule has 3 atom stereocenters. The number of ether oxygens (including phenoxy) is 1. The van der Waals surface area contributed by atoms with Crippen molar-refractivity contribution in [2.75, 3.05) is 11.9 Å². The van der Waals surface area contributed by atoms with E-state index in [9.17, 15) is 13.2 Å². The Hall–Kier alpha value is -1.19. The lowest BCUT2D eigenvalue weighted by Crippen LogP contribution is -2.81. The number of amides is 1. The minimum Gasteiger partial charge on any atom is -0.377 e. The highest BCUT2D eigenvalue weighted by atomic mass is 35.5. The zero-order valence-corrected chi connectivity index (χ0v) is 16.5. The van der Waals surface area contributed by atoms with Gasteiger partial charge in [0, 0.05) is 23.6 Å². The van der Waals surface area contributed by atoms with Crippen molar-refractivity contribution in [1.82, 2.24) is 0 Å². The third-order valence-electron chi connectivity index (χ3n) is 5.64. The van der Waals surface area contributed by atoms with Gasteiger partial charge in [-0.15, -0.1) is 12.4 Å². The zero-order chi connectivity index (χ0) is 18.5. The van der Waals surface area contributed by atoms with Gasteiger partial charge in [0.25, 0.3) is 0 Å². The van der Waals surface area contributed by atoms with Crippen LogP contribution in [-0.2, 0) is 25.3 Å². The number of rotatable bonds is 4. The van der Waals surface area contributed by atoms with E-state index in [1.807, 2.05) is 13.8 Å². The van der Waals surface area contributed by atoms with Crippen molar-refractivity contribution in [3.8, 4) is 0 Å². The molecule has 3 rings (SSSR count). The number of primary sulfonamides is 1. The fraction of sp³-hybridized carbons (Fsp3) is 0.588. The van der Waals surface area contributed by atoms with Crippen molar-refractivity contribution in [1.29, 1.82) is 0 Å². The highest BCUT2D eigenvalue weighted by molar-refractivity contribution is 7.88. The maximum atomic E-state index is 12.9. The Morgan fingerprint density at radius 3 is 2.50 bits per heavy atom. The monoisotopic (exact) mass is 403 g/mol. The number of carbonyl (C=O) groups is 1. The molecule has 0 radical (unpaired) electrons. The first-order chi connectivity index (χ1) is 11.6. The molecule has 2 aliphatic rings. The standard InChI is InChI=1S/C17H25N3O4S.ClH/c1-16(2)14-13(4-3-9-24-14)17(16,18)15(21)20-12-7-5-11(6-8-12)10-25(19,22)23;/h5-8,13-14H,3-4,9-10,18H2,1-2H3,(H,20,21)(H2,19,22,23);1H. The Labute approximate surface area is 160 Å². The summed E-state index contributed by atoms with van der Waals surface area (Å²) in [5.41, 5.74) is 6.25. The van der Waals surface area contributed by atoms with E-state index >= 15 is 0 Å². The van der Waals surface area contributed by atoms with Gasteiger partial charge in [0.2, 0.25) is 15.9 Å². The minimum atomic E-state index is -3.58. The van der Waals surface area contributed by atoms with Crippen LogP contribution in [0.15, 0.2) is 24.3 Å². The van der Waals surface area contributed by atoms with Gasteiger partial charge >= 0.3 is 0 Å². The van der Waals surface area contributed by atoms with Gasteiger partial charge in [-0.1, -0.05) is 26.0 Å². The number of fused-ring (bicyclic) bond motifs is 1. The predicted molar refractivity (Wildman–Crippen MR) is 102 cm³/mol. The molecular weight excluding hydrogens is 378 g/mol. The number of hydrogen-bond donors (Lipinski definition) is 3. The molecule has 1 aromatic rings. The van der Waals surface area contributed by atoms with Crippen molar-refractivity contribution < 1.29 is 17.9 Å². The van der Waals surface area contributed by atoms with Crippen LogP contribution in [0.1, 0.15) is 32.3 Å². The summed E-state index contributed by atoms with van der Waals surface area (Å²) in [7, 11) is -3.58. The van der Waals surface area contributed by atoms with Crippen LogP contribution in [0.5, 0.6) is 0 Å². The number of benzene rings is 1. The molecule has 2 fully saturated rings. The fourth-order valence-corrected chi connectivity index (χ4v) is 4.84. The number of sulfonamides is 1. The Morgan fingerprint density at radius 1 is 1.31 bits per heavy atom. The number of carbonyl (C=O) groups excluding carboxylic acids is 1. The van der Waals surface area contributed by atoms with Crippen LogP contribution in [0.3, 0.4) is 0 Å². The summed E-state index contributed by atoms with van der Waals surface area (Å²) in [5, 5.41) is 7.90. The van der Waals surface area contributed by atoms with Gasteiger partial charge in [-0.05, 0) is 30.5 Å². The van der Waals surface area contributed by atoms with Gasteiger partial charge in [0.05, 0.1) is 11.9 Å². The quantitative estimate of drug-likeness (QED) is 0.700. The second kappa shape index (κ2) is 7.09. The maximum absolute atomic E-state index is 12.9. The van der Waals surface area contributed by atoms with Gasteiger partial charge in [0.1, 0.15) is 5.54 Å². The van der Waals surface area contributed by atoms with Crippen LogP contribution < -0.4 is 16.2 Å². The molecule has 26 heavy (non-hydrogen) atoms. The van der Waals surface area contributed by atoms with Gasteiger partial charge in [-0.25, -0.2) is 13.6 Å². The SMILES string of the molecule is CC1(C)C2OCCCC2C1(N)C(=O)Nc1ccc(CS(N)(=O)=O)cc1.Cl. The van der Waals surface area contributed by atoms with Gasteiger partial charge in [0.15, 0.2) is 0 Å². The topological polar surface area (TPSA) is 125 Å². The summed E-state index contributed by atoms with van der Waals surface area (Å²) in [4.78, 5) is 12.9. The predicted octanol–water partition coefficient (Wildman–Crippen LogP) is 1.37. The molecule has 5 N–H and O–H groups in total. The number of nitrogens with two attached hydrogens (primary N) is 2. The number of halogens is 1. The molecule has 1 aliphatic carbocycles. The highest BCUT2D eigenvalue weighted by Crippen LogP contribution is 2.57. The van der Waals surface area contributed by atoms with Crippen molar-refractivity contribution in [2.24, 2.45) is 22.2 Å². The third-order valence-corrected chi connectivity index (χ3v) is 6.38. The smallest absolute Gasteiger partial charge is 0.245 e. The minimum absolute atomic E-state index is 0. The normalized spacial score (nSPS) is 29.7. The average molecular weight is 404 g/mol. The first-order valence-corrected chi connectivity index (χ1v) is 10.1. The summed E-state index contributed by atoms with van der Waals surface area (Å²) in [6, 6.07) is 6.56. The first kappa shape index (κ1) is 21.1. The second-order valence-corrected chi connectivity index (χ2v) is 9.20. The number of anilines is 1. The third kappa shape index (κ3) is 3.48. The average Bonchev–Trinajstić information content (AvgIpc) is 2.54.